The largest absolute Gasteiger partial charge is 0.481 e. The number of rotatable bonds is 10. The van der Waals surface area contributed by atoms with E-state index in [2.05, 4.69) is 0 Å². The number of hydrogen-bond donors (Lipinski definition) is 3. The Kier molecular flexibility index (Phi) is 8.46. The van der Waals surface area contributed by atoms with Crippen LogP contribution in [0.15, 0.2) is 0 Å². The minimum absolute atomic E-state index is 0.0126. The summed E-state index contributed by atoms with van der Waals surface area (Å²) in [4.78, 5) is 22.6. The Morgan fingerprint density at radius 2 is 1.38 bits per heavy atom. The van der Waals surface area contributed by atoms with Crippen LogP contribution >= 0.6 is 0 Å². The average Bonchev–Trinajstić information content (AvgIpc) is 2.21. The maximum absolute atomic E-state index is 10.4. The Morgan fingerprint density at radius 3 is 1.75 bits per heavy atom. The Bertz CT molecular complexity index is 201. The number of aliphatic hydroxyl groups excluding tert-OH is 1. The van der Waals surface area contributed by atoms with Gasteiger partial charge in [0.25, 0.3) is 0 Å². The smallest absolute Gasteiger partial charge is 0.304 e. The Labute approximate surface area is 94.5 Å². The summed E-state index contributed by atoms with van der Waals surface area (Å²) < 4.78 is 0. The fourth-order valence-corrected chi connectivity index (χ4v) is 1.29. The molecule has 0 aliphatic carbocycles. The van der Waals surface area contributed by atoms with E-state index in [1.54, 1.807) is 4.90 Å². The first-order valence-corrected chi connectivity index (χ1v) is 5.33. The van der Waals surface area contributed by atoms with Crippen molar-refractivity contribution in [1.82, 2.24) is 4.90 Å². The fourth-order valence-electron chi connectivity index (χ4n) is 1.29. The van der Waals surface area contributed by atoms with Gasteiger partial charge in [0.1, 0.15) is 0 Å². The number of aliphatic carboxylic acids is 2. The molecule has 0 amide bonds. The van der Waals surface area contributed by atoms with Gasteiger partial charge in [0.05, 0.1) is 12.8 Å². The standard InChI is InChI=1S/C10H19NO5/c12-8-2-1-5-11(6-3-9(13)14)7-4-10(15)16/h12H,1-8H2,(H,13,14)(H,15,16). The van der Waals surface area contributed by atoms with E-state index in [0.717, 1.165) is 6.42 Å². The zero-order valence-corrected chi connectivity index (χ0v) is 9.26. The van der Waals surface area contributed by atoms with Crippen LogP contribution < -0.4 is 0 Å². The summed E-state index contributed by atoms with van der Waals surface area (Å²) in [6.45, 7) is 1.44. The molecule has 0 heterocycles. The molecule has 0 aliphatic rings. The third kappa shape index (κ3) is 9.42. The predicted octanol–water partition coefficient (Wildman–Crippen LogP) is 0.0103. The lowest BCUT2D eigenvalue weighted by Crippen LogP contribution is -2.30. The van der Waals surface area contributed by atoms with E-state index in [0.29, 0.717) is 26.1 Å². The van der Waals surface area contributed by atoms with Crippen LogP contribution in [0.1, 0.15) is 25.7 Å². The van der Waals surface area contributed by atoms with Crippen LogP contribution in [-0.2, 0) is 9.59 Å². The van der Waals surface area contributed by atoms with E-state index < -0.39 is 11.9 Å². The summed E-state index contributed by atoms with van der Waals surface area (Å²) in [5.41, 5.74) is 0. The van der Waals surface area contributed by atoms with Crippen LogP contribution in [0, 0.1) is 0 Å². The second-order valence-corrected chi connectivity index (χ2v) is 3.56. The van der Waals surface area contributed by atoms with Gasteiger partial charge >= 0.3 is 11.9 Å². The maximum atomic E-state index is 10.4. The molecule has 0 unspecified atom stereocenters. The highest BCUT2D eigenvalue weighted by molar-refractivity contribution is 5.67. The zero-order chi connectivity index (χ0) is 12.4. The molecule has 94 valence electrons. The molecule has 0 atom stereocenters. The summed E-state index contributed by atoms with van der Waals surface area (Å²) >= 11 is 0. The Morgan fingerprint density at radius 1 is 0.875 bits per heavy atom. The molecule has 6 nitrogen and oxygen atoms in total. The zero-order valence-electron chi connectivity index (χ0n) is 9.26. The minimum atomic E-state index is -0.887. The SMILES string of the molecule is O=C(O)CCN(CCCCO)CCC(=O)O. The molecule has 16 heavy (non-hydrogen) atoms. The second-order valence-electron chi connectivity index (χ2n) is 3.56. The third-order valence-corrected chi connectivity index (χ3v) is 2.17. The van der Waals surface area contributed by atoms with E-state index in [1.807, 2.05) is 0 Å². The first kappa shape index (κ1) is 14.9. The van der Waals surface area contributed by atoms with Crippen molar-refractivity contribution in [3.63, 3.8) is 0 Å². The quantitative estimate of drug-likeness (QED) is 0.460. The van der Waals surface area contributed by atoms with E-state index in [1.165, 1.54) is 0 Å². The number of hydrogen-bond acceptors (Lipinski definition) is 4. The van der Waals surface area contributed by atoms with Gasteiger partial charge in [-0.15, -0.1) is 0 Å². The predicted molar refractivity (Wildman–Crippen MR) is 57.3 cm³/mol. The van der Waals surface area contributed by atoms with Crippen molar-refractivity contribution in [2.45, 2.75) is 25.7 Å². The monoisotopic (exact) mass is 233 g/mol. The summed E-state index contributed by atoms with van der Waals surface area (Å²) in [5.74, 6) is -1.77. The number of carboxylic acids is 2. The van der Waals surface area contributed by atoms with Crippen molar-refractivity contribution in [3.05, 3.63) is 0 Å². The molecule has 0 aromatic rings. The lowest BCUT2D eigenvalue weighted by molar-refractivity contribution is -0.137. The highest BCUT2D eigenvalue weighted by atomic mass is 16.4. The number of unbranched alkanes of at least 4 members (excludes halogenated alkanes) is 1. The summed E-state index contributed by atoms with van der Waals surface area (Å²) in [6.07, 6.45) is 1.42. The van der Waals surface area contributed by atoms with Crippen LogP contribution in [0.25, 0.3) is 0 Å². The van der Waals surface area contributed by atoms with Crippen molar-refractivity contribution in [2.24, 2.45) is 0 Å². The fraction of sp³-hybridized carbons (Fsp3) is 0.800. The van der Waals surface area contributed by atoms with E-state index in [-0.39, 0.29) is 19.4 Å². The van der Waals surface area contributed by atoms with E-state index in [4.69, 9.17) is 15.3 Å². The van der Waals surface area contributed by atoms with E-state index in [9.17, 15) is 9.59 Å². The number of nitrogens with zero attached hydrogens (tertiary/aromatic N) is 1. The molecule has 0 aromatic heterocycles. The van der Waals surface area contributed by atoms with Crippen molar-refractivity contribution < 1.29 is 24.9 Å². The maximum Gasteiger partial charge on any atom is 0.304 e. The molecule has 0 radical (unpaired) electrons. The topological polar surface area (TPSA) is 98.1 Å². The molecule has 0 saturated carbocycles. The Hall–Kier alpha value is -1.14. The van der Waals surface area contributed by atoms with Gasteiger partial charge in [-0.1, -0.05) is 0 Å². The highest BCUT2D eigenvalue weighted by Gasteiger charge is 2.09. The van der Waals surface area contributed by atoms with Crippen LogP contribution in [0.4, 0.5) is 0 Å². The molecule has 0 spiro atoms. The summed E-state index contributed by atoms with van der Waals surface area (Å²) in [7, 11) is 0. The number of aliphatic hydroxyl groups is 1. The molecule has 0 saturated heterocycles. The first-order chi connectivity index (χ1) is 7.56. The average molecular weight is 233 g/mol. The van der Waals surface area contributed by atoms with E-state index >= 15 is 0 Å². The highest BCUT2D eigenvalue weighted by Crippen LogP contribution is 1.99. The van der Waals surface area contributed by atoms with Gasteiger partial charge in [0, 0.05) is 19.7 Å². The molecular weight excluding hydrogens is 214 g/mol. The summed E-state index contributed by atoms with van der Waals surface area (Å²) in [5, 5.41) is 25.7. The lowest BCUT2D eigenvalue weighted by atomic mass is 10.2. The Balaban J connectivity index is 3.84. The van der Waals surface area contributed by atoms with Crippen LogP contribution in [0.3, 0.4) is 0 Å². The normalized spacial score (nSPS) is 10.6. The molecule has 6 heteroatoms. The van der Waals surface area contributed by atoms with Gasteiger partial charge in [0.2, 0.25) is 0 Å². The third-order valence-electron chi connectivity index (χ3n) is 2.17. The van der Waals surface area contributed by atoms with Gasteiger partial charge in [-0.2, -0.15) is 0 Å². The molecule has 3 N–H and O–H groups in total. The molecular formula is C10H19NO5. The van der Waals surface area contributed by atoms with Crippen LogP contribution in [0.5, 0.6) is 0 Å². The number of carbonyl (C=O) groups is 2. The van der Waals surface area contributed by atoms with Crippen LogP contribution in [-0.4, -0.2) is 58.4 Å². The molecule has 0 fully saturated rings. The first-order valence-electron chi connectivity index (χ1n) is 5.33. The van der Waals surface area contributed by atoms with Gasteiger partial charge in [0.15, 0.2) is 0 Å². The van der Waals surface area contributed by atoms with Crippen molar-refractivity contribution >= 4 is 11.9 Å². The van der Waals surface area contributed by atoms with Gasteiger partial charge in [-0.3, -0.25) is 9.59 Å². The minimum Gasteiger partial charge on any atom is -0.481 e. The van der Waals surface area contributed by atoms with Gasteiger partial charge in [-0.25, -0.2) is 0 Å². The summed E-state index contributed by atoms with van der Waals surface area (Å²) in [6, 6.07) is 0. The van der Waals surface area contributed by atoms with Crippen molar-refractivity contribution in [2.75, 3.05) is 26.2 Å². The van der Waals surface area contributed by atoms with Crippen LogP contribution in [0.2, 0.25) is 0 Å². The molecule has 0 aromatic carbocycles. The molecule has 0 aliphatic heterocycles. The molecule has 0 bridgehead atoms. The van der Waals surface area contributed by atoms with Gasteiger partial charge < -0.3 is 20.2 Å². The molecule has 0 rings (SSSR count). The van der Waals surface area contributed by atoms with Crippen molar-refractivity contribution in [1.29, 1.82) is 0 Å². The second kappa shape index (κ2) is 9.11. The lowest BCUT2D eigenvalue weighted by Gasteiger charge is -2.20. The van der Waals surface area contributed by atoms with Crippen molar-refractivity contribution in [3.8, 4) is 0 Å². The van der Waals surface area contributed by atoms with Gasteiger partial charge in [-0.05, 0) is 19.4 Å². The number of carboxylic acid groups (broad SMARTS) is 2.